The number of aliphatic hydroxyl groups is 1. The van der Waals surface area contributed by atoms with Crippen molar-refractivity contribution in [3.05, 3.63) is 11.4 Å². The van der Waals surface area contributed by atoms with E-state index in [9.17, 15) is 13.5 Å². The number of nitrogens with zero attached hydrogens (tertiary/aromatic N) is 2. The molecular formula is C13H23N3O3S. The Labute approximate surface area is 120 Å². The van der Waals surface area contributed by atoms with Crippen molar-refractivity contribution in [2.75, 3.05) is 13.2 Å². The third kappa shape index (κ3) is 2.89. The smallest absolute Gasteiger partial charge is 0.247 e. The normalized spacial score (nSPS) is 17.8. The lowest BCUT2D eigenvalue weighted by Crippen LogP contribution is -2.43. The summed E-state index contributed by atoms with van der Waals surface area (Å²) in [4.78, 5) is 0.261. The van der Waals surface area contributed by atoms with E-state index in [4.69, 9.17) is 0 Å². The van der Waals surface area contributed by atoms with Crippen LogP contribution >= 0.6 is 0 Å². The lowest BCUT2D eigenvalue weighted by Gasteiger charge is -2.33. The Bertz CT molecular complexity index is 528. The fraction of sp³-hybridized carbons (Fsp3) is 0.769. The second-order valence-corrected chi connectivity index (χ2v) is 7.22. The number of aromatic amines is 1. The molecular weight excluding hydrogens is 278 g/mol. The Balaban J connectivity index is 2.36. The average Bonchev–Trinajstić information content (AvgIpc) is 2.77. The predicted octanol–water partition coefficient (Wildman–Crippen LogP) is 1.34. The van der Waals surface area contributed by atoms with Crippen LogP contribution in [0.3, 0.4) is 0 Å². The summed E-state index contributed by atoms with van der Waals surface area (Å²) in [6.45, 7) is 3.39. The van der Waals surface area contributed by atoms with Crippen LogP contribution in [0.25, 0.3) is 0 Å². The van der Waals surface area contributed by atoms with Crippen molar-refractivity contribution in [1.29, 1.82) is 0 Å². The van der Waals surface area contributed by atoms with E-state index in [2.05, 4.69) is 10.2 Å². The summed E-state index contributed by atoms with van der Waals surface area (Å²) >= 11 is 0. The quantitative estimate of drug-likeness (QED) is 0.859. The first kappa shape index (κ1) is 15.5. The zero-order chi connectivity index (χ0) is 14.8. The molecule has 1 aliphatic carbocycles. The Morgan fingerprint density at radius 2 is 1.95 bits per heavy atom. The van der Waals surface area contributed by atoms with Gasteiger partial charge in [-0.05, 0) is 26.7 Å². The van der Waals surface area contributed by atoms with Crippen molar-refractivity contribution in [1.82, 2.24) is 14.5 Å². The van der Waals surface area contributed by atoms with Crippen LogP contribution in [0.5, 0.6) is 0 Å². The highest BCUT2D eigenvalue weighted by Crippen LogP contribution is 2.29. The number of nitrogens with one attached hydrogen (secondary N) is 1. The van der Waals surface area contributed by atoms with Gasteiger partial charge in [0.05, 0.1) is 18.0 Å². The summed E-state index contributed by atoms with van der Waals surface area (Å²) in [5, 5.41) is 15.9. The van der Waals surface area contributed by atoms with Crippen LogP contribution in [0.4, 0.5) is 0 Å². The van der Waals surface area contributed by atoms with Crippen LogP contribution < -0.4 is 0 Å². The summed E-state index contributed by atoms with van der Waals surface area (Å²) in [5.41, 5.74) is 1.04. The van der Waals surface area contributed by atoms with Gasteiger partial charge in [0, 0.05) is 12.6 Å². The summed E-state index contributed by atoms with van der Waals surface area (Å²) in [7, 11) is -3.60. The monoisotopic (exact) mass is 301 g/mol. The van der Waals surface area contributed by atoms with Crippen molar-refractivity contribution in [2.24, 2.45) is 0 Å². The van der Waals surface area contributed by atoms with Gasteiger partial charge >= 0.3 is 0 Å². The average molecular weight is 301 g/mol. The standard InChI is InChI=1S/C13H23N3O3S/c1-10-13(11(2)15-14-10)20(18,19)16(8-9-17)12-6-4-3-5-7-12/h12,17H,3-9H2,1-2H3,(H,14,15). The summed E-state index contributed by atoms with van der Waals surface area (Å²) in [6.07, 6.45) is 4.99. The molecule has 0 bridgehead atoms. The highest BCUT2D eigenvalue weighted by Gasteiger charge is 2.34. The summed E-state index contributed by atoms with van der Waals surface area (Å²) in [5.74, 6) is 0. The third-order valence-electron chi connectivity index (χ3n) is 3.93. The van der Waals surface area contributed by atoms with Crippen LogP contribution in [-0.2, 0) is 10.0 Å². The van der Waals surface area contributed by atoms with Crippen LogP contribution in [0.15, 0.2) is 4.90 Å². The van der Waals surface area contributed by atoms with Gasteiger partial charge in [0.25, 0.3) is 0 Å². The molecule has 2 rings (SSSR count). The van der Waals surface area contributed by atoms with E-state index in [1.807, 2.05) is 0 Å². The van der Waals surface area contributed by atoms with E-state index < -0.39 is 10.0 Å². The highest BCUT2D eigenvalue weighted by molar-refractivity contribution is 7.89. The number of H-pyrrole nitrogens is 1. The van der Waals surface area contributed by atoms with Crippen molar-refractivity contribution >= 4 is 10.0 Å². The van der Waals surface area contributed by atoms with Gasteiger partial charge in [-0.1, -0.05) is 19.3 Å². The van der Waals surface area contributed by atoms with Crippen molar-refractivity contribution in [2.45, 2.75) is 56.9 Å². The minimum Gasteiger partial charge on any atom is -0.395 e. The van der Waals surface area contributed by atoms with E-state index >= 15 is 0 Å². The number of rotatable bonds is 5. The van der Waals surface area contributed by atoms with Gasteiger partial charge < -0.3 is 5.11 Å². The van der Waals surface area contributed by atoms with Gasteiger partial charge in [0.2, 0.25) is 10.0 Å². The molecule has 1 aromatic rings. The number of hydrogen-bond donors (Lipinski definition) is 2. The Kier molecular flexibility index (Phi) is 4.82. The Morgan fingerprint density at radius 1 is 1.30 bits per heavy atom. The summed E-state index contributed by atoms with van der Waals surface area (Å²) in [6, 6.07) is -0.00500. The predicted molar refractivity (Wildman–Crippen MR) is 75.9 cm³/mol. The number of sulfonamides is 1. The maximum Gasteiger partial charge on any atom is 0.247 e. The number of aromatic nitrogens is 2. The highest BCUT2D eigenvalue weighted by atomic mass is 32.2. The number of hydrogen-bond acceptors (Lipinski definition) is 4. The Morgan fingerprint density at radius 3 is 2.45 bits per heavy atom. The molecule has 7 heteroatoms. The molecule has 0 aromatic carbocycles. The van der Waals surface area contributed by atoms with Crippen LogP contribution in [0, 0.1) is 13.8 Å². The fourth-order valence-corrected chi connectivity index (χ4v) is 5.02. The molecule has 0 amide bonds. The molecule has 1 fully saturated rings. The first-order valence-corrected chi connectivity index (χ1v) is 8.56. The lowest BCUT2D eigenvalue weighted by atomic mass is 9.95. The molecule has 1 aliphatic rings. The van der Waals surface area contributed by atoms with Crippen LogP contribution in [0.1, 0.15) is 43.5 Å². The van der Waals surface area contributed by atoms with Crippen molar-refractivity contribution in [3.63, 3.8) is 0 Å². The molecule has 114 valence electrons. The van der Waals surface area contributed by atoms with E-state index in [-0.39, 0.29) is 24.1 Å². The maximum absolute atomic E-state index is 12.9. The van der Waals surface area contributed by atoms with Gasteiger partial charge in [-0.15, -0.1) is 0 Å². The van der Waals surface area contributed by atoms with Crippen molar-refractivity contribution in [3.8, 4) is 0 Å². The molecule has 0 radical (unpaired) electrons. The second-order valence-electron chi connectivity index (χ2n) is 5.39. The molecule has 0 unspecified atom stereocenters. The number of aryl methyl sites for hydroxylation is 2. The van der Waals surface area contributed by atoms with Gasteiger partial charge in [-0.3, -0.25) is 5.10 Å². The van der Waals surface area contributed by atoms with Gasteiger partial charge in [0.15, 0.2) is 0 Å². The second kappa shape index (κ2) is 6.24. The molecule has 0 saturated heterocycles. The van der Waals surface area contributed by atoms with Gasteiger partial charge in [-0.25, -0.2) is 8.42 Å². The molecule has 2 N–H and O–H groups in total. The third-order valence-corrected chi connectivity index (χ3v) is 6.15. The Hall–Kier alpha value is -0.920. The van der Waals surface area contributed by atoms with E-state index in [0.29, 0.717) is 11.4 Å². The maximum atomic E-state index is 12.9. The minimum atomic E-state index is -3.60. The molecule has 0 aliphatic heterocycles. The molecule has 0 spiro atoms. The first-order valence-electron chi connectivity index (χ1n) is 7.12. The summed E-state index contributed by atoms with van der Waals surface area (Å²) < 4.78 is 27.2. The molecule has 1 saturated carbocycles. The topological polar surface area (TPSA) is 86.3 Å². The van der Waals surface area contributed by atoms with E-state index in [1.165, 1.54) is 4.31 Å². The molecule has 1 aromatic heterocycles. The minimum absolute atomic E-state index is 0.00500. The van der Waals surface area contributed by atoms with Crippen molar-refractivity contribution < 1.29 is 13.5 Å². The van der Waals surface area contributed by atoms with Crippen LogP contribution in [-0.4, -0.2) is 47.2 Å². The van der Waals surface area contributed by atoms with Gasteiger partial charge in [0.1, 0.15) is 4.90 Å². The van der Waals surface area contributed by atoms with Crippen LogP contribution in [0.2, 0.25) is 0 Å². The molecule has 0 atom stereocenters. The van der Waals surface area contributed by atoms with E-state index in [0.717, 1.165) is 32.1 Å². The number of aliphatic hydroxyl groups excluding tert-OH is 1. The first-order chi connectivity index (χ1) is 9.48. The zero-order valence-corrected chi connectivity index (χ0v) is 12.9. The van der Waals surface area contributed by atoms with E-state index in [1.54, 1.807) is 13.8 Å². The fourth-order valence-electron chi connectivity index (χ4n) is 3.00. The SMILES string of the molecule is Cc1n[nH]c(C)c1S(=O)(=O)N(CCO)C1CCCCC1. The molecule has 20 heavy (non-hydrogen) atoms. The lowest BCUT2D eigenvalue weighted by molar-refractivity contribution is 0.199. The van der Waals surface area contributed by atoms with Gasteiger partial charge in [-0.2, -0.15) is 9.40 Å². The zero-order valence-electron chi connectivity index (χ0n) is 12.1. The molecule has 1 heterocycles. The largest absolute Gasteiger partial charge is 0.395 e. The molecule has 6 nitrogen and oxygen atoms in total.